The second kappa shape index (κ2) is 15.6. The molecule has 0 aliphatic heterocycles. The van der Waals surface area contributed by atoms with Crippen LogP contribution in [0.2, 0.25) is 0 Å². The zero-order chi connectivity index (χ0) is 27.3. The summed E-state index contributed by atoms with van der Waals surface area (Å²) in [7, 11) is -5.75. The molecule has 0 aliphatic carbocycles. The average Bonchev–Trinajstić information content (AvgIpc) is 2.78. The van der Waals surface area contributed by atoms with Crippen LogP contribution in [0.1, 0.15) is 114 Å². The van der Waals surface area contributed by atoms with Gasteiger partial charge in [-0.05, 0) is 18.2 Å². The van der Waals surface area contributed by atoms with Gasteiger partial charge in [-0.1, -0.05) is 0 Å². The average molecular weight is 535 g/mol. The molecule has 0 amide bonds. The van der Waals surface area contributed by atoms with Crippen LogP contribution >= 0.6 is 7.26 Å². The number of carbonyl (C=O) groups is 2. The molecule has 0 aromatic heterocycles. The zero-order valence-electron chi connectivity index (χ0n) is 22.4. The third-order valence-corrected chi connectivity index (χ3v) is 14.9. The molecular formula is C26H47O7PS. The first-order chi connectivity index (χ1) is 16.2. The van der Waals surface area contributed by atoms with E-state index < -0.39 is 45.3 Å². The second-order valence-corrected chi connectivity index (χ2v) is 16.9. The summed E-state index contributed by atoms with van der Waals surface area (Å²) in [6.07, 6.45) is 16.2. The number of benzene rings is 1. The summed E-state index contributed by atoms with van der Waals surface area (Å²) in [5.41, 5.74) is -1.07. The summed E-state index contributed by atoms with van der Waals surface area (Å²) in [6, 6.07) is 2.13. The Labute approximate surface area is 212 Å². The van der Waals surface area contributed by atoms with Gasteiger partial charge < -0.3 is 10.2 Å². The quantitative estimate of drug-likeness (QED) is 0.162. The van der Waals surface area contributed by atoms with Gasteiger partial charge >= 0.3 is 136 Å². The van der Waals surface area contributed by atoms with Gasteiger partial charge in [-0.25, -0.2) is 9.59 Å². The molecular weight excluding hydrogens is 487 g/mol. The van der Waals surface area contributed by atoms with Crippen LogP contribution in [0, 0.1) is 0 Å². The molecule has 9 heteroatoms. The van der Waals surface area contributed by atoms with E-state index in [0.29, 0.717) is 17.3 Å². The smallest absolute Gasteiger partial charge is 0.335 e. The van der Waals surface area contributed by atoms with Crippen LogP contribution in [0.15, 0.2) is 23.1 Å². The molecule has 35 heavy (non-hydrogen) atoms. The molecule has 7 nitrogen and oxygen atoms in total. The first kappa shape index (κ1) is 33.5. The SMILES string of the molecule is CCCC[PH](CCCC)(CCCC)C(C)(C)CCC.O=C(O)c1cc(C(=O)O)cc(S(=O)(=O)O)c1. The maximum absolute atomic E-state index is 10.8. The first-order valence-electron chi connectivity index (χ1n) is 12.8. The van der Waals surface area contributed by atoms with Crippen LogP contribution in [-0.4, -0.2) is 58.8 Å². The standard InChI is InChI=1S/C18H41P.C8H6O7S/c1-7-11-15-19(16-12-8-2,17-13-9-3)18(5,6)14-10-4;9-7(10)4-1-5(8(11)12)3-6(2-4)16(13,14)15/h19H,7-17H2,1-6H3;1-3H,(H,9,10)(H,11,12)(H,13,14,15). The summed E-state index contributed by atoms with van der Waals surface area (Å²) < 4.78 is 30.2. The Morgan fingerprint density at radius 2 is 1.14 bits per heavy atom. The van der Waals surface area contributed by atoms with Crippen LogP contribution in [0.5, 0.6) is 0 Å². The fourth-order valence-corrected chi connectivity index (χ4v) is 12.0. The molecule has 0 saturated carbocycles. The monoisotopic (exact) mass is 534 g/mol. The summed E-state index contributed by atoms with van der Waals surface area (Å²) >= 11 is 0. The Kier molecular flexibility index (Phi) is 14.9. The minimum Gasteiger partial charge on any atom is -0.478 e. The van der Waals surface area contributed by atoms with Gasteiger partial charge in [-0.15, -0.1) is 0 Å². The summed E-state index contributed by atoms with van der Waals surface area (Å²) in [5.74, 6) is -2.99. The molecule has 0 saturated heterocycles. The minimum absolute atomic E-state index is 0.535. The van der Waals surface area contributed by atoms with Crippen LogP contribution in [0.25, 0.3) is 0 Å². The third-order valence-electron chi connectivity index (χ3n) is 7.04. The van der Waals surface area contributed by atoms with Crippen molar-refractivity contribution in [3.63, 3.8) is 0 Å². The maximum Gasteiger partial charge on any atom is 0.335 e. The number of hydrogen-bond donors (Lipinski definition) is 3. The number of aromatic carboxylic acids is 2. The van der Waals surface area contributed by atoms with E-state index in [1.165, 1.54) is 51.4 Å². The Balaban J connectivity index is 0.000000669. The zero-order valence-corrected chi connectivity index (χ0v) is 24.2. The van der Waals surface area contributed by atoms with Crippen molar-refractivity contribution in [1.29, 1.82) is 0 Å². The molecule has 204 valence electrons. The van der Waals surface area contributed by atoms with Crippen molar-refractivity contribution in [1.82, 2.24) is 0 Å². The van der Waals surface area contributed by atoms with Gasteiger partial charge in [-0.2, -0.15) is 8.42 Å². The molecule has 1 rings (SSSR count). The molecule has 1 aromatic carbocycles. The normalized spacial score (nSPS) is 12.5. The molecule has 3 N–H and O–H groups in total. The molecule has 0 fully saturated rings. The molecule has 0 aliphatic rings. The van der Waals surface area contributed by atoms with Crippen molar-refractivity contribution in [2.45, 2.75) is 103 Å². The number of hydrogen-bond acceptors (Lipinski definition) is 4. The van der Waals surface area contributed by atoms with Gasteiger partial charge in [0, 0.05) is 0 Å². The van der Waals surface area contributed by atoms with E-state index in [2.05, 4.69) is 41.5 Å². The van der Waals surface area contributed by atoms with Crippen LogP contribution < -0.4 is 0 Å². The summed E-state index contributed by atoms with van der Waals surface area (Å²) in [5, 5.41) is 17.9. The van der Waals surface area contributed by atoms with Crippen molar-refractivity contribution in [2.75, 3.05) is 18.5 Å². The van der Waals surface area contributed by atoms with Crippen molar-refractivity contribution in [3.05, 3.63) is 29.3 Å². The summed E-state index contributed by atoms with van der Waals surface area (Å²) in [4.78, 5) is 20.4. The first-order valence-corrected chi connectivity index (χ1v) is 16.9. The number of carboxylic acids is 2. The second-order valence-electron chi connectivity index (χ2n) is 10.1. The number of carboxylic acid groups (broad SMARTS) is 2. The van der Waals surface area contributed by atoms with Gasteiger partial charge in [0.1, 0.15) is 0 Å². The molecule has 1 aromatic rings. The minimum atomic E-state index is -4.64. The fraction of sp³-hybridized carbons (Fsp3) is 0.692. The van der Waals surface area contributed by atoms with Crippen molar-refractivity contribution >= 4 is 29.3 Å². The van der Waals surface area contributed by atoms with Crippen molar-refractivity contribution < 1.29 is 32.8 Å². The van der Waals surface area contributed by atoms with E-state index in [-0.39, 0.29) is 0 Å². The van der Waals surface area contributed by atoms with E-state index in [4.69, 9.17) is 14.8 Å². The van der Waals surface area contributed by atoms with Crippen molar-refractivity contribution in [3.8, 4) is 0 Å². The van der Waals surface area contributed by atoms with E-state index in [1.54, 1.807) is 18.5 Å². The predicted molar refractivity (Wildman–Crippen MR) is 147 cm³/mol. The maximum atomic E-state index is 10.8. The molecule has 0 spiro atoms. The van der Waals surface area contributed by atoms with Gasteiger partial charge in [0.05, 0.1) is 16.0 Å². The van der Waals surface area contributed by atoms with Crippen LogP contribution in [0.4, 0.5) is 0 Å². The van der Waals surface area contributed by atoms with Gasteiger partial charge in [0.15, 0.2) is 0 Å². The van der Waals surface area contributed by atoms with E-state index in [0.717, 1.165) is 6.07 Å². The van der Waals surface area contributed by atoms with Crippen LogP contribution in [-0.2, 0) is 10.1 Å². The van der Waals surface area contributed by atoms with Gasteiger partial charge in [0.2, 0.25) is 0 Å². The van der Waals surface area contributed by atoms with E-state index in [9.17, 15) is 18.0 Å². The molecule has 0 atom stereocenters. The van der Waals surface area contributed by atoms with E-state index >= 15 is 0 Å². The molecule has 0 heterocycles. The Bertz CT molecular complexity index is 856. The Morgan fingerprint density at radius 3 is 1.40 bits per heavy atom. The molecule has 0 bridgehead atoms. The number of unbranched alkanes of at least 4 members (excludes halogenated alkanes) is 3. The van der Waals surface area contributed by atoms with Gasteiger partial charge in [0.25, 0.3) is 10.1 Å². The third kappa shape index (κ3) is 11.0. The van der Waals surface area contributed by atoms with E-state index in [1.807, 2.05) is 0 Å². The van der Waals surface area contributed by atoms with Crippen molar-refractivity contribution in [2.24, 2.45) is 0 Å². The topological polar surface area (TPSA) is 129 Å². The molecule has 0 radical (unpaired) electrons. The Morgan fingerprint density at radius 1 is 0.771 bits per heavy atom. The largest absolute Gasteiger partial charge is 0.478 e. The summed E-state index contributed by atoms with van der Waals surface area (Å²) in [6.45, 7) is 14.7. The predicted octanol–water partition coefficient (Wildman–Crippen LogP) is 7.05. The number of rotatable bonds is 15. The van der Waals surface area contributed by atoms with Crippen LogP contribution in [0.3, 0.4) is 0 Å². The fourth-order valence-electron chi connectivity index (χ4n) is 4.82. The molecule has 0 unspecified atom stereocenters. The Hall–Kier alpha value is -1.50. The van der Waals surface area contributed by atoms with Gasteiger partial charge in [-0.3, -0.25) is 4.55 Å².